The summed E-state index contributed by atoms with van der Waals surface area (Å²) in [6.45, 7) is 2.95. The molecule has 0 aliphatic heterocycles. The number of halogens is 1. The minimum Gasteiger partial charge on any atom is -0.318 e. The van der Waals surface area contributed by atoms with Crippen molar-refractivity contribution in [1.82, 2.24) is 10.3 Å². The van der Waals surface area contributed by atoms with Gasteiger partial charge in [0.15, 0.2) is 5.13 Å². The predicted molar refractivity (Wildman–Crippen MR) is 83.3 cm³/mol. The molecule has 0 amide bonds. The average molecular weight is 293 g/mol. The summed E-state index contributed by atoms with van der Waals surface area (Å²) in [5, 5.41) is 4.00. The molecule has 0 fully saturated rings. The lowest BCUT2D eigenvalue weighted by Crippen LogP contribution is -2.10. The van der Waals surface area contributed by atoms with Crippen LogP contribution in [0.5, 0.6) is 0 Å². The fraction of sp³-hybridized carbons (Fsp3) is 0.400. The van der Waals surface area contributed by atoms with E-state index in [-0.39, 0.29) is 5.82 Å². The first-order valence-electron chi connectivity index (χ1n) is 6.78. The average Bonchev–Trinajstić information content (AvgIpc) is 2.83. The van der Waals surface area contributed by atoms with Crippen molar-refractivity contribution >= 4 is 22.2 Å². The van der Waals surface area contributed by atoms with Crippen LogP contribution in [0.3, 0.4) is 0 Å². The van der Waals surface area contributed by atoms with Crippen LogP contribution >= 0.6 is 11.3 Å². The van der Waals surface area contributed by atoms with Crippen molar-refractivity contribution in [3.8, 4) is 0 Å². The highest BCUT2D eigenvalue weighted by atomic mass is 32.1. The molecule has 0 unspecified atom stereocenters. The number of aryl methyl sites for hydroxylation is 1. The van der Waals surface area contributed by atoms with Gasteiger partial charge in [0, 0.05) is 18.5 Å². The summed E-state index contributed by atoms with van der Waals surface area (Å²) < 4.78 is 13.9. The Labute approximate surface area is 123 Å². The van der Waals surface area contributed by atoms with Gasteiger partial charge in [-0.3, -0.25) is 0 Å². The Morgan fingerprint density at radius 1 is 1.35 bits per heavy atom. The van der Waals surface area contributed by atoms with E-state index in [2.05, 4.69) is 17.2 Å². The molecule has 0 spiro atoms. The second-order valence-corrected chi connectivity index (χ2v) is 5.72. The summed E-state index contributed by atoms with van der Waals surface area (Å²) >= 11 is 1.62. The number of thiazole rings is 1. The van der Waals surface area contributed by atoms with Crippen LogP contribution in [0.4, 0.5) is 15.2 Å². The molecule has 1 aromatic heterocycles. The van der Waals surface area contributed by atoms with Crippen LogP contribution < -0.4 is 10.2 Å². The Bertz CT molecular complexity index is 544. The maximum Gasteiger partial charge on any atom is 0.190 e. The fourth-order valence-corrected chi connectivity index (χ4v) is 3.16. The largest absolute Gasteiger partial charge is 0.318 e. The molecule has 1 aromatic carbocycles. The number of hydrogen-bond donors (Lipinski definition) is 1. The van der Waals surface area contributed by atoms with E-state index >= 15 is 0 Å². The van der Waals surface area contributed by atoms with Gasteiger partial charge in [-0.05, 0) is 25.6 Å². The van der Waals surface area contributed by atoms with Crippen molar-refractivity contribution in [2.24, 2.45) is 0 Å². The maximum atomic E-state index is 13.9. The van der Waals surface area contributed by atoms with Crippen molar-refractivity contribution in [3.05, 3.63) is 40.7 Å². The predicted octanol–water partition coefficient (Wildman–Crippen LogP) is 3.72. The van der Waals surface area contributed by atoms with Gasteiger partial charge in [-0.1, -0.05) is 36.8 Å². The lowest BCUT2D eigenvalue weighted by Gasteiger charge is -2.16. The van der Waals surface area contributed by atoms with Gasteiger partial charge in [0.2, 0.25) is 0 Å². The summed E-state index contributed by atoms with van der Waals surface area (Å²) in [4.78, 5) is 7.72. The molecule has 0 saturated carbocycles. The lowest BCUT2D eigenvalue weighted by atomic mass is 10.2. The van der Waals surface area contributed by atoms with Gasteiger partial charge < -0.3 is 10.2 Å². The quantitative estimate of drug-likeness (QED) is 0.880. The molecule has 108 valence electrons. The molecule has 1 N–H and O–H groups in total. The van der Waals surface area contributed by atoms with E-state index in [0.29, 0.717) is 5.69 Å². The number of nitrogens with zero attached hydrogens (tertiary/aromatic N) is 2. The molecule has 0 saturated heterocycles. The van der Waals surface area contributed by atoms with Crippen LogP contribution in [0.1, 0.15) is 23.9 Å². The Hall–Kier alpha value is -1.46. The van der Waals surface area contributed by atoms with E-state index in [1.807, 2.05) is 25.1 Å². The van der Waals surface area contributed by atoms with Crippen LogP contribution in [0.25, 0.3) is 0 Å². The number of hydrogen-bond acceptors (Lipinski definition) is 4. The third-order valence-electron chi connectivity index (χ3n) is 3.09. The Kier molecular flexibility index (Phi) is 5.09. The summed E-state index contributed by atoms with van der Waals surface area (Å²) in [5.74, 6) is -0.225. The molecule has 0 aliphatic rings. The molecule has 0 bridgehead atoms. The molecule has 2 rings (SSSR count). The van der Waals surface area contributed by atoms with E-state index in [0.717, 1.165) is 30.2 Å². The second kappa shape index (κ2) is 6.81. The zero-order chi connectivity index (χ0) is 14.5. The zero-order valence-corrected chi connectivity index (χ0v) is 12.9. The Balaban J connectivity index is 2.32. The molecule has 2 aromatic rings. The highest BCUT2D eigenvalue weighted by Crippen LogP contribution is 2.32. The SMILES string of the molecule is CCCc1nc(N(C)c2ccccc2F)sc1CNC. The zero-order valence-electron chi connectivity index (χ0n) is 12.1. The topological polar surface area (TPSA) is 28.2 Å². The van der Waals surface area contributed by atoms with E-state index in [1.165, 1.54) is 10.9 Å². The first kappa shape index (κ1) is 14.9. The molecule has 5 heteroatoms. The first-order valence-corrected chi connectivity index (χ1v) is 7.60. The van der Waals surface area contributed by atoms with Crippen LogP contribution in [0.2, 0.25) is 0 Å². The highest BCUT2D eigenvalue weighted by molar-refractivity contribution is 7.15. The Morgan fingerprint density at radius 3 is 2.75 bits per heavy atom. The number of para-hydroxylation sites is 1. The highest BCUT2D eigenvalue weighted by Gasteiger charge is 2.16. The third-order valence-corrected chi connectivity index (χ3v) is 4.27. The van der Waals surface area contributed by atoms with Crippen LogP contribution in [-0.4, -0.2) is 19.1 Å². The van der Waals surface area contributed by atoms with Crippen molar-refractivity contribution < 1.29 is 4.39 Å². The molecule has 20 heavy (non-hydrogen) atoms. The third kappa shape index (κ3) is 3.16. The van der Waals surface area contributed by atoms with Gasteiger partial charge in [0.05, 0.1) is 11.4 Å². The molecule has 0 atom stereocenters. The van der Waals surface area contributed by atoms with Crippen molar-refractivity contribution in [2.75, 3.05) is 19.0 Å². The van der Waals surface area contributed by atoms with E-state index in [1.54, 1.807) is 23.5 Å². The van der Waals surface area contributed by atoms with Gasteiger partial charge in [-0.25, -0.2) is 9.37 Å². The molecule has 0 radical (unpaired) electrons. The summed E-state index contributed by atoms with van der Waals surface area (Å²) in [7, 11) is 3.78. The van der Waals surface area contributed by atoms with Crippen molar-refractivity contribution in [2.45, 2.75) is 26.3 Å². The van der Waals surface area contributed by atoms with Gasteiger partial charge >= 0.3 is 0 Å². The lowest BCUT2D eigenvalue weighted by molar-refractivity contribution is 0.627. The standard InChI is InChI=1S/C15H20FN3S/c1-4-7-12-14(10-17-2)20-15(18-12)19(3)13-9-6-5-8-11(13)16/h5-6,8-9,17H,4,7,10H2,1-3H3. The number of nitrogens with one attached hydrogen (secondary N) is 1. The van der Waals surface area contributed by atoms with Crippen LogP contribution in [-0.2, 0) is 13.0 Å². The molecule has 0 aliphatic carbocycles. The second-order valence-electron chi connectivity index (χ2n) is 4.66. The minimum absolute atomic E-state index is 0.225. The number of benzene rings is 1. The van der Waals surface area contributed by atoms with Gasteiger partial charge in [0.25, 0.3) is 0 Å². The summed E-state index contributed by atoms with van der Waals surface area (Å²) in [6.07, 6.45) is 2.02. The number of anilines is 2. The van der Waals surface area contributed by atoms with Crippen LogP contribution in [0.15, 0.2) is 24.3 Å². The summed E-state index contributed by atoms with van der Waals surface area (Å²) in [6, 6.07) is 6.78. The van der Waals surface area contributed by atoms with E-state index in [4.69, 9.17) is 0 Å². The fourth-order valence-electron chi connectivity index (χ4n) is 2.07. The molecule has 1 heterocycles. The molecule has 3 nitrogen and oxygen atoms in total. The van der Waals surface area contributed by atoms with Gasteiger partial charge in [-0.2, -0.15) is 0 Å². The Morgan fingerprint density at radius 2 is 2.10 bits per heavy atom. The maximum absolute atomic E-state index is 13.9. The smallest absolute Gasteiger partial charge is 0.190 e. The van der Waals surface area contributed by atoms with Crippen molar-refractivity contribution in [1.29, 1.82) is 0 Å². The summed E-state index contributed by atoms with van der Waals surface area (Å²) in [5.41, 5.74) is 1.67. The normalized spacial score (nSPS) is 10.8. The van der Waals surface area contributed by atoms with Gasteiger partial charge in [0.1, 0.15) is 5.82 Å². The van der Waals surface area contributed by atoms with Gasteiger partial charge in [-0.15, -0.1) is 0 Å². The minimum atomic E-state index is -0.225. The number of rotatable bonds is 6. The first-order chi connectivity index (χ1) is 9.67. The van der Waals surface area contributed by atoms with Crippen LogP contribution in [0, 0.1) is 5.82 Å². The number of aromatic nitrogens is 1. The molecular weight excluding hydrogens is 273 g/mol. The van der Waals surface area contributed by atoms with E-state index in [9.17, 15) is 4.39 Å². The molecular formula is C15H20FN3S. The van der Waals surface area contributed by atoms with Crippen molar-refractivity contribution in [3.63, 3.8) is 0 Å². The monoisotopic (exact) mass is 293 g/mol. The van der Waals surface area contributed by atoms with E-state index < -0.39 is 0 Å².